The van der Waals surface area contributed by atoms with E-state index in [9.17, 15) is 4.79 Å². The van der Waals surface area contributed by atoms with Crippen molar-refractivity contribution in [3.8, 4) is 0 Å². The molecule has 26 heavy (non-hydrogen) atoms. The largest absolute Gasteiger partial charge is 0.342 e. The number of carbonyl (C=O) groups excluding carboxylic acids is 1. The van der Waals surface area contributed by atoms with Gasteiger partial charge < -0.3 is 9.47 Å². The number of rotatable bonds is 5. The Morgan fingerprint density at radius 3 is 3.08 bits per heavy atom. The van der Waals surface area contributed by atoms with Crippen LogP contribution < -0.4 is 0 Å². The average molecular weight is 367 g/mol. The first-order valence-electron chi connectivity index (χ1n) is 8.84. The fraction of sp³-hybridized carbons (Fsp3) is 0.368. The molecule has 0 aliphatic carbocycles. The Hall–Kier alpha value is -2.54. The molecule has 3 aromatic heterocycles. The quantitative estimate of drug-likeness (QED) is 0.696. The van der Waals surface area contributed by atoms with Crippen molar-refractivity contribution < 1.29 is 4.79 Å². The zero-order chi connectivity index (χ0) is 17.8. The van der Waals surface area contributed by atoms with E-state index in [1.54, 1.807) is 23.7 Å². The number of imidazole rings is 1. The summed E-state index contributed by atoms with van der Waals surface area (Å²) in [5.41, 5.74) is 3.87. The fourth-order valence-corrected chi connectivity index (χ4v) is 4.06. The normalized spacial score (nSPS) is 17.4. The van der Waals surface area contributed by atoms with Crippen molar-refractivity contribution in [2.75, 3.05) is 13.1 Å². The highest BCUT2D eigenvalue weighted by atomic mass is 32.1. The van der Waals surface area contributed by atoms with Crippen LogP contribution in [-0.2, 0) is 17.8 Å². The van der Waals surface area contributed by atoms with Gasteiger partial charge in [-0.2, -0.15) is 0 Å². The number of likely N-dealkylation sites (tertiary alicyclic amines) is 1. The van der Waals surface area contributed by atoms with Gasteiger partial charge in [0.15, 0.2) is 0 Å². The predicted molar refractivity (Wildman–Crippen MR) is 99.9 cm³/mol. The summed E-state index contributed by atoms with van der Waals surface area (Å²) in [6.07, 6.45) is 9.82. The Kier molecular flexibility index (Phi) is 5.06. The molecule has 1 saturated heterocycles. The molecule has 0 radical (unpaired) electrons. The van der Waals surface area contributed by atoms with Gasteiger partial charge in [0.05, 0.1) is 24.2 Å². The minimum atomic E-state index is 0.167. The second-order valence-electron chi connectivity index (χ2n) is 6.61. The van der Waals surface area contributed by atoms with E-state index in [1.165, 1.54) is 0 Å². The Labute approximate surface area is 156 Å². The molecule has 6 nitrogen and oxygen atoms in total. The molecule has 134 valence electrons. The molecule has 3 aromatic rings. The molecule has 0 spiro atoms. The maximum atomic E-state index is 12.7. The molecular weight excluding hydrogens is 346 g/mol. The van der Waals surface area contributed by atoms with Gasteiger partial charge in [-0.05, 0) is 24.5 Å². The van der Waals surface area contributed by atoms with E-state index in [-0.39, 0.29) is 11.8 Å². The van der Waals surface area contributed by atoms with Gasteiger partial charge >= 0.3 is 0 Å². The molecule has 0 aromatic carbocycles. The monoisotopic (exact) mass is 367 g/mol. The summed E-state index contributed by atoms with van der Waals surface area (Å²) in [4.78, 5) is 27.7. The van der Waals surface area contributed by atoms with Gasteiger partial charge in [0.2, 0.25) is 5.91 Å². The Balaban J connectivity index is 1.44. The van der Waals surface area contributed by atoms with Crippen molar-refractivity contribution in [1.29, 1.82) is 0 Å². The van der Waals surface area contributed by atoms with Crippen LogP contribution in [0.2, 0.25) is 0 Å². The first-order valence-corrected chi connectivity index (χ1v) is 9.78. The molecule has 4 rings (SSSR count). The van der Waals surface area contributed by atoms with Crippen molar-refractivity contribution in [3.63, 3.8) is 0 Å². The SMILES string of the molecule is O=C(Cc1cccnc1)N1CCC[C@@H](c2nccn2Cc2cscn2)C1. The van der Waals surface area contributed by atoms with E-state index in [0.29, 0.717) is 6.42 Å². The second kappa shape index (κ2) is 7.78. The van der Waals surface area contributed by atoms with Gasteiger partial charge in [0.25, 0.3) is 0 Å². The number of thiazole rings is 1. The fourth-order valence-electron chi connectivity index (χ4n) is 3.51. The summed E-state index contributed by atoms with van der Waals surface area (Å²) in [7, 11) is 0. The third-order valence-electron chi connectivity index (χ3n) is 4.78. The van der Waals surface area contributed by atoms with E-state index in [0.717, 1.165) is 49.6 Å². The van der Waals surface area contributed by atoms with Crippen molar-refractivity contribution >= 4 is 17.2 Å². The second-order valence-corrected chi connectivity index (χ2v) is 7.33. The van der Waals surface area contributed by atoms with E-state index >= 15 is 0 Å². The van der Waals surface area contributed by atoms with Gasteiger partial charge in [-0.25, -0.2) is 9.97 Å². The summed E-state index contributed by atoms with van der Waals surface area (Å²) < 4.78 is 2.16. The van der Waals surface area contributed by atoms with Crippen LogP contribution in [0.25, 0.3) is 0 Å². The summed E-state index contributed by atoms with van der Waals surface area (Å²) in [5.74, 6) is 1.49. The van der Waals surface area contributed by atoms with Gasteiger partial charge in [0.1, 0.15) is 5.82 Å². The number of amides is 1. The molecule has 1 fully saturated rings. The minimum absolute atomic E-state index is 0.167. The smallest absolute Gasteiger partial charge is 0.227 e. The van der Waals surface area contributed by atoms with Crippen molar-refractivity contribution in [2.45, 2.75) is 31.7 Å². The average Bonchev–Trinajstić information content (AvgIpc) is 3.35. The summed E-state index contributed by atoms with van der Waals surface area (Å²) >= 11 is 1.61. The number of pyridine rings is 1. The topological polar surface area (TPSA) is 63.9 Å². The highest BCUT2D eigenvalue weighted by molar-refractivity contribution is 7.07. The lowest BCUT2D eigenvalue weighted by Crippen LogP contribution is -2.40. The van der Waals surface area contributed by atoms with Crippen molar-refractivity contribution in [2.24, 2.45) is 0 Å². The lowest BCUT2D eigenvalue weighted by Gasteiger charge is -2.32. The first-order chi connectivity index (χ1) is 12.8. The number of hydrogen-bond donors (Lipinski definition) is 0. The molecule has 1 aliphatic rings. The molecule has 7 heteroatoms. The first kappa shape index (κ1) is 16.9. The Morgan fingerprint density at radius 1 is 1.31 bits per heavy atom. The minimum Gasteiger partial charge on any atom is -0.342 e. The molecular formula is C19H21N5OS. The lowest BCUT2D eigenvalue weighted by atomic mass is 9.96. The van der Waals surface area contributed by atoms with Crippen LogP contribution in [0, 0.1) is 0 Å². The lowest BCUT2D eigenvalue weighted by molar-refractivity contribution is -0.131. The molecule has 0 bridgehead atoms. The number of aromatic nitrogens is 4. The number of hydrogen-bond acceptors (Lipinski definition) is 5. The summed E-state index contributed by atoms with van der Waals surface area (Å²) in [6, 6.07) is 3.82. The van der Waals surface area contributed by atoms with Crippen LogP contribution in [0.4, 0.5) is 0 Å². The van der Waals surface area contributed by atoms with Crippen LogP contribution in [0.15, 0.2) is 47.8 Å². The van der Waals surface area contributed by atoms with Crippen LogP contribution >= 0.6 is 11.3 Å². The molecule has 0 N–H and O–H groups in total. The molecule has 1 aliphatic heterocycles. The van der Waals surface area contributed by atoms with E-state index in [2.05, 4.69) is 24.9 Å². The number of carbonyl (C=O) groups is 1. The van der Waals surface area contributed by atoms with E-state index in [1.807, 2.05) is 34.9 Å². The highest BCUT2D eigenvalue weighted by Crippen LogP contribution is 2.26. The zero-order valence-electron chi connectivity index (χ0n) is 14.5. The molecule has 0 unspecified atom stereocenters. The van der Waals surface area contributed by atoms with Gasteiger partial charge in [-0.3, -0.25) is 9.78 Å². The van der Waals surface area contributed by atoms with Crippen molar-refractivity contribution in [3.05, 3.63) is 64.9 Å². The van der Waals surface area contributed by atoms with Crippen LogP contribution in [0.5, 0.6) is 0 Å². The third-order valence-corrected chi connectivity index (χ3v) is 5.42. The maximum Gasteiger partial charge on any atom is 0.227 e. The zero-order valence-corrected chi connectivity index (χ0v) is 15.3. The number of nitrogens with zero attached hydrogens (tertiary/aromatic N) is 5. The van der Waals surface area contributed by atoms with Gasteiger partial charge in [-0.1, -0.05) is 6.07 Å². The van der Waals surface area contributed by atoms with Crippen LogP contribution in [0.3, 0.4) is 0 Å². The van der Waals surface area contributed by atoms with E-state index in [4.69, 9.17) is 0 Å². The Morgan fingerprint density at radius 2 is 2.27 bits per heavy atom. The van der Waals surface area contributed by atoms with Crippen LogP contribution in [-0.4, -0.2) is 43.4 Å². The van der Waals surface area contributed by atoms with Gasteiger partial charge in [-0.15, -0.1) is 11.3 Å². The molecule has 1 amide bonds. The van der Waals surface area contributed by atoms with E-state index < -0.39 is 0 Å². The van der Waals surface area contributed by atoms with Crippen LogP contribution in [0.1, 0.15) is 35.8 Å². The Bertz CT molecular complexity index is 846. The molecule has 1 atom stereocenters. The maximum absolute atomic E-state index is 12.7. The van der Waals surface area contributed by atoms with Crippen molar-refractivity contribution in [1.82, 2.24) is 24.4 Å². The summed E-state index contributed by atoms with van der Waals surface area (Å²) in [6.45, 7) is 2.29. The summed E-state index contributed by atoms with van der Waals surface area (Å²) in [5, 5.41) is 2.06. The van der Waals surface area contributed by atoms with Gasteiger partial charge in [0, 0.05) is 49.2 Å². The third kappa shape index (κ3) is 3.83. The number of piperidine rings is 1. The molecule has 4 heterocycles. The molecule has 0 saturated carbocycles. The highest BCUT2D eigenvalue weighted by Gasteiger charge is 2.27. The predicted octanol–water partition coefficient (Wildman–Crippen LogP) is 2.73. The standard InChI is InChI=1S/C19H21N5OS/c25-18(9-15-3-1-5-20-10-15)23-7-2-4-16(11-23)19-21-6-8-24(19)12-17-13-26-14-22-17/h1,3,5-6,8,10,13-14,16H,2,4,7,9,11-12H2/t16-/m1/s1.